The van der Waals surface area contributed by atoms with Crippen LogP contribution in [0, 0.1) is 5.92 Å². The number of ether oxygens (including phenoxy) is 3. The first-order valence-corrected chi connectivity index (χ1v) is 8.58. The number of hydrogen-bond donors (Lipinski definition) is 2. The second-order valence-corrected chi connectivity index (χ2v) is 6.47. The molecule has 2 aromatic carbocycles. The summed E-state index contributed by atoms with van der Waals surface area (Å²) in [7, 11) is 1.55. The topological polar surface area (TPSA) is 60.0 Å². The zero-order valence-electron chi connectivity index (χ0n) is 14.9. The van der Waals surface area contributed by atoms with Crippen molar-refractivity contribution in [3.63, 3.8) is 0 Å². The van der Waals surface area contributed by atoms with E-state index in [9.17, 15) is 5.11 Å². The molecule has 1 heterocycles. The van der Waals surface area contributed by atoms with Gasteiger partial charge in [0.1, 0.15) is 13.2 Å². The first-order valence-electron chi connectivity index (χ1n) is 8.58. The Balaban J connectivity index is 1.78. The fraction of sp³-hybridized carbons (Fsp3) is 0.400. The van der Waals surface area contributed by atoms with Gasteiger partial charge in [-0.2, -0.15) is 0 Å². The van der Waals surface area contributed by atoms with Gasteiger partial charge in [-0.3, -0.25) is 0 Å². The van der Waals surface area contributed by atoms with E-state index in [1.165, 1.54) is 0 Å². The molecule has 5 nitrogen and oxygen atoms in total. The molecule has 134 valence electrons. The predicted octanol–water partition coefficient (Wildman–Crippen LogP) is 3.66. The number of fused-ring (bicyclic) bond motifs is 1. The highest BCUT2D eigenvalue weighted by Gasteiger charge is 2.20. The third-order valence-electron chi connectivity index (χ3n) is 4.41. The van der Waals surface area contributed by atoms with Crippen molar-refractivity contribution >= 4 is 0 Å². The standard InChI is InChI=1S/C20H25NO4/c1-13(2)19(14-7-8-16-18(11-14)25-10-9-24-16)21-12-15-5-4-6-17(23-3)20(15)22/h4-8,11,13,19,21-22H,9-10,12H2,1-3H3/t19-/m0/s1. The van der Waals surface area contributed by atoms with E-state index >= 15 is 0 Å². The maximum absolute atomic E-state index is 10.3. The molecule has 25 heavy (non-hydrogen) atoms. The van der Waals surface area contributed by atoms with Gasteiger partial charge in [0.25, 0.3) is 0 Å². The molecule has 2 aromatic rings. The third-order valence-corrected chi connectivity index (χ3v) is 4.41. The molecule has 0 spiro atoms. The number of aromatic hydroxyl groups is 1. The summed E-state index contributed by atoms with van der Waals surface area (Å²) in [6.45, 7) is 6.04. The molecule has 5 heteroatoms. The van der Waals surface area contributed by atoms with Gasteiger partial charge in [-0.05, 0) is 29.7 Å². The average Bonchev–Trinajstić information content (AvgIpc) is 2.62. The maximum atomic E-state index is 10.3. The number of nitrogens with one attached hydrogen (secondary N) is 1. The van der Waals surface area contributed by atoms with Gasteiger partial charge in [-0.25, -0.2) is 0 Å². The van der Waals surface area contributed by atoms with Crippen LogP contribution in [0.4, 0.5) is 0 Å². The largest absolute Gasteiger partial charge is 0.504 e. The Bertz CT molecular complexity index is 730. The van der Waals surface area contributed by atoms with E-state index in [-0.39, 0.29) is 11.8 Å². The van der Waals surface area contributed by atoms with Gasteiger partial charge in [0, 0.05) is 18.2 Å². The Hall–Kier alpha value is -2.40. The first-order chi connectivity index (χ1) is 12.1. The van der Waals surface area contributed by atoms with Crippen molar-refractivity contribution in [1.29, 1.82) is 0 Å². The van der Waals surface area contributed by atoms with Gasteiger partial charge in [-0.15, -0.1) is 0 Å². The summed E-state index contributed by atoms with van der Waals surface area (Å²) >= 11 is 0. The van der Waals surface area contributed by atoms with Gasteiger partial charge in [0.05, 0.1) is 7.11 Å². The fourth-order valence-corrected chi connectivity index (χ4v) is 3.09. The number of rotatable bonds is 6. The summed E-state index contributed by atoms with van der Waals surface area (Å²) < 4.78 is 16.5. The highest BCUT2D eigenvalue weighted by Crippen LogP contribution is 2.35. The van der Waals surface area contributed by atoms with Crippen molar-refractivity contribution in [2.24, 2.45) is 5.92 Å². The zero-order chi connectivity index (χ0) is 17.8. The molecular weight excluding hydrogens is 318 g/mol. The van der Waals surface area contributed by atoms with Crippen molar-refractivity contribution in [3.05, 3.63) is 47.5 Å². The second-order valence-electron chi connectivity index (χ2n) is 6.47. The van der Waals surface area contributed by atoms with Gasteiger partial charge in [0.2, 0.25) is 0 Å². The number of methoxy groups -OCH3 is 1. The molecule has 0 radical (unpaired) electrons. The molecule has 2 N–H and O–H groups in total. The molecule has 0 amide bonds. The van der Waals surface area contributed by atoms with Crippen LogP contribution in [0.1, 0.15) is 31.0 Å². The van der Waals surface area contributed by atoms with Crippen LogP contribution in [-0.2, 0) is 6.54 Å². The summed E-state index contributed by atoms with van der Waals surface area (Å²) in [5.74, 6) is 2.63. The highest BCUT2D eigenvalue weighted by atomic mass is 16.6. The van der Waals surface area contributed by atoms with E-state index in [2.05, 4.69) is 25.2 Å². The normalized spacial score (nSPS) is 14.4. The lowest BCUT2D eigenvalue weighted by atomic mass is 9.95. The van der Waals surface area contributed by atoms with Crippen LogP contribution < -0.4 is 19.5 Å². The lowest BCUT2D eigenvalue weighted by Crippen LogP contribution is -2.26. The molecule has 3 rings (SSSR count). The zero-order valence-corrected chi connectivity index (χ0v) is 14.9. The smallest absolute Gasteiger partial charge is 0.162 e. The number of phenolic OH excluding ortho intramolecular Hbond substituents is 1. The number of phenols is 1. The van der Waals surface area contributed by atoms with Crippen LogP contribution in [0.3, 0.4) is 0 Å². The molecule has 1 aliphatic rings. The average molecular weight is 343 g/mol. The Morgan fingerprint density at radius 2 is 1.88 bits per heavy atom. The number of benzene rings is 2. The summed E-state index contributed by atoms with van der Waals surface area (Å²) in [4.78, 5) is 0. The van der Waals surface area contributed by atoms with E-state index in [0.29, 0.717) is 31.4 Å². The Morgan fingerprint density at radius 3 is 2.60 bits per heavy atom. The van der Waals surface area contributed by atoms with Crippen LogP contribution in [0.25, 0.3) is 0 Å². The van der Waals surface area contributed by atoms with Crippen LogP contribution in [0.15, 0.2) is 36.4 Å². The third kappa shape index (κ3) is 3.82. The van der Waals surface area contributed by atoms with Crippen LogP contribution >= 0.6 is 0 Å². The molecule has 1 atom stereocenters. The molecule has 0 aromatic heterocycles. The Kier molecular flexibility index (Phi) is 5.34. The minimum Gasteiger partial charge on any atom is -0.504 e. The molecule has 0 unspecified atom stereocenters. The van der Waals surface area contributed by atoms with Crippen molar-refractivity contribution < 1.29 is 19.3 Å². The predicted molar refractivity (Wildman–Crippen MR) is 96.5 cm³/mol. The molecule has 0 bridgehead atoms. The molecule has 0 saturated carbocycles. The number of hydrogen-bond acceptors (Lipinski definition) is 5. The summed E-state index contributed by atoms with van der Waals surface area (Å²) in [6.07, 6.45) is 0. The van der Waals surface area contributed by atoms with Crippen molar-refractivity contribution in [3.8, 4) is 23.0 Å². The highest BCUT2D eigenvalue weighted by molar-refractivity contribution is 5.46. The maximum Gasteiger partial charge on any atom is 0.162 e. The van der Waals surface area contributed by atoms with Gasteiger partial charge >= 0.3 is 0 Å². The van der Waals surface area contributed by atoms with E-state index < -0.39 is 0 Å². The lowest BCUT2D eigenvalue weighted by Gasteiger charge is -2.26. The van der Waals surface area contributed by atoms with Gasteiger partial charge in [0.15, 0.2) is 23.0 Å². The lowest BCUT2D eigenvalue weighted by molar-refractivity contribution is 0.171. The summed E-state index contributed by atoms with van der Waals surface area (Å²) in [5, 5.41) is 13.8. The van der Waals surface area contributed by atoms with Crippen LogP contribution in [-0.4, -0.2) is 25.4 Å². The van der Waals surface area contributed by atoms with Gasteiger partial charge < -0.3 is 24.6 Å². The summed E-state index contributed by atoms with van der Waals surface area (Å²) in [5.41, 5.74) is 1.95. The fourth-order valence-electron chi connectivity index (χ4n) is 3.09. The molecule has 1 aliphatic heterocycles. The van der Waals surface area contributed by atoms with Crippen molar-refractivity contribution in [1.82, 2.24) is 5.32 Å². The van der Waals surface area contributed by atoms with Crippen molar-refractivity contribution in [2.75, 3.05) is 20.3 Å². The SMILES string of the molecule is COc1cccc(CN[C@H](c2ccc3c(c2)OCCO3)C(C)C)c1O. The van der Waals surface area contributed by atoms with Crippen LogP contribution in [0.5, 0.6) is 23.0 Å². The van der Waals surface area contributed by atoms with Crippen LogP contribution in [0.2, 0.25) is 0 Å². The Labute approximate surface area is 148 Å². The minimum absolute atomic E-state index is 0.126. The summed E-state index contributed by atoms with van der Waals surface area (Å²) in [6, 6.07) is 11.7. The second kappa shape index (κ2) is 7.66. The molecule has 0 saturated heterocycles. The minimum atomic E-state index is 0.126. The van der Waals surface area contributed by atoms with Crippen molar-refractivity contribution in [2.45, 2.75) is 26.4 Å². The monoisotopic (exact) mass is 343 g/mol. The molecular formula is C20H25NO4. The van der Waals surface area contributed by atoms with E-state index in [0.717, 1.165) is 22.6 Å². The first kappa shape index (κ1) is 17.4. The van der Waals surface area contributed by atoms with E-state index in [4.69, 9.17) is 14.2 Å². The van der Waals surface area contributed by atoms with E-state index in [1.54, 1.807) is 13.2 Å². The van der Waals surface area contributed by atoms with E-state index in [1.807, 2.05) is 24.3 Å². The molecule has 0 fully saturated rings. The van der Waals surface area contributed by atoms with Gasteiger partial charge in [-0.1, -0.05) is 32.0 Å². The Morgan fingerprint density at radius 1 is 1.12 bits per heavy atom. The molecule has 0 aliphatic carbocycles. The quantitative estimate of drug-likeness (QED) is 0.838. The number of para-hydroxylation sites is 1.